The molecule has 1 heterocycles. The van der Waals surface area contributed by atoms with Gasteiger partial charge in [-0.15, -0.1) is 0 Å². The highest BCUT2D eigenvalue weighted by atomic mass is 32.2. The van der Waals surface area contributed by atoms with Gasteiger partial charge in [-0.25, -0.2) is 8.42 Å². The van der Waals surface area contributed by atoms with Crippen molar-refractivity contribution in [1.29, 1.82) is 0 Å². The number of rotatable bonds is 6. The van der Waals surface area contributed by atoms with Crippen molar-refractivity contribution in [3.05, 3.63) is 77.9 Å². The van der Waals surface area contributed by atoms with Crippen molar-refractivity contribution >= 4 is 26.7 Å². The molecule has 0 aliphatic carbocycles. The van der Waals surface area contributed by atoms with Crippen LogP contribution in [0.5, 0.6) is 0 Å². The Morgan fingerprint density at radius 2 is 1.68 bits per heavy atom. The summed E-state index contributed by atoms with van der Waals surface area (Å²) in [5, 5.41) is 15.3. The zero-order valence-electron chi connectivity index (χ0n) is 16.9. The highest BCUT2D eigenvalue weighted by molar-refractivity contribution is 7.89. The molecule has 1 aliphatic rings. The number of fused-ring (bicyclic) bond motifs is 1. The Kier molecular flexibility index (Phi) is 6.33. The van der Waals surface area contributed by atoms with Crippen LogP contribution in [0.4, 0.5) is 0 Å². The van der Waals surface area contributed by atoms with E-state index in [9.17, 15) is 18.3 Å². The zero-order valence-corrected chi connectivity index (χ0v) is 17.7. The van der Waals surface area contributed by atoms with Crippen molar-refractivity contribution in [3.8, 4) is 0 Å². The fourth-order valence-electron chi connectivity index (χ4n) is 3.66. The first-order valence-electron chi connectivity index (χ1n) is 10.1. The van der Waals surface area contributed by atoms with Gasteiger partial charge in [-0.05, 0) is 40.6 Å². The van der Waals surface area contributed by atoms with Crippen LogP contribution in [-0.4, -0.2) is 56.6 Å². The van der Waals surface area contributed by atoms with E-state index in [1.54, 1.807) is 0 Å². The smallest absolute Gasteiger partial charge is 0.251 e. The number of hydrogen-bond acceptors (Lipinski definition) is 5. The topological polar surface area (TPSA) is 95.9 Å². The van der Waals surface area contributed by atoms with E-state index in [-0.39, 0.29) is 17.3 Å². The molecule has 1 amide bonds. The highest BCUT2D eigenvalue weighted by Crippen LogP contribution is 2.24. The van der Waals surface area contributed by atoms with E-state index in [1.807, 2.05) is 42.5 Å². The average molecular weight is 441 g/mol. The lowest BCUT2D eigenvalue weighted by Gasteiger charge is -2.26. The molecule has 162 valence electrons. The maximum Gasteiger partial charge on any atom is 0.251 e. The number of hydrogen-bond donors (Lipinski definition) is 2. The van der Waals surface area contributed by atoms with Gasteiger partial charge >= 0.3 is 0 Å². The van der Waals surface area contributed by atoms with E-state index in [2.05, 4.69) is 5.32 Å². The Balaban J connectivity index is 1.42. The van der Waals surface area contributed by atoms with E-state index < -0.39 is 16.1 Å². The van der Waals surface area contributed by atoms with E-state index in [0.29, 0.717) is 31.9 Å². The van der Waals surface area contributed by atoms with Crippen LogP contribution in [0.15, 0.2) is 71.6 Å². The monoisotopic (exact) mass is 440 g/mol. The summed E-state index contributed by atoms with van der Waals surface area (Å²) in [6, 6.07) is 19.2. The fraction of sp³-hybridized carbons (Fsp3) is 0.261. The molecule has 1 saturated heterocycles. The van der Waals surface area contributed by atoms with Crippen molar-refractivity contribution in [2.45, 2.75) is 11.0 Å². The molecule has 7 nitrogen and oxygen atoms in total. The van der Waals surface area contributed by atoms with Gasteiger partial charge in [0, 0.05) is 25.2 Å². The molecule has 8 heteroatoms. The zero-order chi connectivity index (χ0) is 21.8. The highest BCUT2D eigenvalue weighted by Gasteiger charge is 2.26. The van der Waals surface area contributed by atoms with Crippen molar-refractivity contribution in [3.63, 3.8) is 0 Å². The predicted octanol–water partition coefficient (Wildman–Crippen LogP) is 2.32. The molecule has 1 aliphatic heterocycles. The van der Waals surface area contributed by atoms with Crippen molar-refractivity contribution in [2.75, 3.05) is 32.8 Å². The number of nitrogens with zero attached hydrogens (tertiary/aromatic N) is 1. The van der Waals surface area contributed by atoms with Gasteiger partial charge in [-0.2, -0.15) is 4.31 Å². The van der Waals surface area contributed by atoms with Crippen LogP contribution in [0.1, 0.15) is 22.0 Å². The lowest BCUT2D eigenvalue weighted by Crippen LogP contribution is -2.40. The number of aliphatic hydroxyl groups excluding tert-OH is 1. The maximum atomic E-state index is 12.7. The predicted molar refractivity (Wildman–Crippen MR) is 117 cm³/mol. The molecule has 4 rings (SSSR count). The average Bonchev–Trinajstić information content (AvgIpc) is 2.82. The Bertz CT molecular complexity index is 1170. The summed E-state index contributed by atoms with van der Waals surface area (Å²) in [6.45, 7) is 1.42. The van der Waals surface area contributed by atoms with Gasteiger partial charge in [0.05, 0.1) is 24.2 Å². The van der Waals surface area contributed by atoms with Crippen LogP contribution in [0, 0.1) is 0 Å². The Morgan fingerprint density at radius 3 is 2.42 bits per heavy atom. The van der Waals surface area contributed by atoms with Crippen LogP contribution in [0.25, 0.3) is 10.8 Å². The van der Waals surface area contributed by atoms with E-state index >= 15 is 0 Å². The first-order valence-corrected chi connectivity index (χ1v) is 11.5. The second-order valence-corrected chi connectivity index (χ2v) is 9.27. The van der Waals surface area contributed by atoms with E-state index in [4.69, 9.17) is 4.74 Å². The molecule has 0 aromatic heterocycles. The number of ether oxygens (including phenoxy) is 1. The van der Waals surface area contributed by atoms with Crippen LogP contribution >= 0.6 is 0 Å². The molecule has 3 aromatic carbocycles. The van der Waals surface area contributed by atoms with E-state index in [0.717, 1.165) is 16.3 Å². The minimum absolute atomic E-state index is 0.0423. The van der Waals surface area contributed by atoms with Crippen molar-refractivity contribution < 1.29 is 23.1 Å². The minimum Gasteiger partial charge on any atom is -0.387 e. The maximum absolute atomic E-state index is 12.7. The number of benzene rings is 3. The number of sulfonamides is 1. The summed E-state index contributed by atoms with van der Waals surface area (Å²) >= 11 is 0. The summed E-state index contributed by atoms with van der Waals surface area (Å²) in [6.07, 6.45) is -0.865. The third kappa shape index (κ3) is 4.62. The number of nitrogens with one attached hydrogen (secondary N) is 1. The van der Waals surface area contributed by atoms with Crippen molar-refractivity contribution in [1.82, 2.24) is 9.62 Å². The van der Waals surface area contributed by atoms with Gasteiger partial charge in [0.1, 0.15) is 0 Å². The molecule has 3 aromatic rings. The largest absolute Gasteiger partial charge is 0.387 e. The van der Waals surface area contributed by atoms with Crippen LogP contribution < -0.4 is 5.32 Å². The van der Waals surface area contributed by atoms with Gasteiger partial charge in [-0.1, -0.05) is 42.5 Å². The molecule has 1 atom stereocenters. The summed E-state index contributed by atoms with van der Waals surface area (Å²) in [5.41, 5.74) is 1.07. The quantitative estimate of drug-likeness (QED) is 0.613. The SMILES string of the molecule is O=C(NCC(O)c1cccc2ccccc12)c1ccc(S(=O)(=O)N2CCOCC2)cc1. The molecular weight excluding hydrogens is 416 g/mol. The number of carbonyl (C=O) groups is 1. The first-order chi connectivity index (χ1) is 15.0. The third-order valence-corrected chi connectivity index (χ3v) is 7.28. The standard InChI is InChI=1S/C23H24N2O5S/c26-22(21-7-3-5-17-4-1-2-6-20(17)21)16-24-23(27)18-8-10-19(11-9-18)31(28,29)25-12-14-30-15-13-25/h1-11,22,26H,12-16H2,(H,24,27). The van der Waals surface area contributed by atoms with Crippen LogP contribution in [0.3, 0.4) is 0 Å². The van der Waals surface area contributed by atoms with E-state index in [1.165, 1.54) is 28.6 Å². The summed E-state index contributed by atoms with van der Waals surface area (Å²) in [4.78, 5) is 12.6. The Morgan fingerprint density at radius 1 is 1.00 bits per heavy atom. The fourth-order valence-corrected chi connectivity index (χ4v) is 5.06. The molecule has 0 spiro atoms. The number of aliphatic hydroxyl groups is 1. The summed E-state index contributed by atoms with van der Waals surface area (Å²) in [7, 11) is -3.61. The Labute approximate surface area is 181 Å². The molecule has 0 bridgehead atoms. The number of morpholine rings is 1. The molecule has 31 heavy (non-hydrogen) atoms. The van der Waals surface area contributed by atoms with Gasteiger partial charge < -0.3 is 15.2 Å². The van der Waals surface area contributed by atoms with Gasteiger partial charge in [0.2, 0.25) is 10.0 Å². The summed E-state index contributed by atoms with van der Waals surface area (Å²) < 4.78 is 32.0. The number of amides is 1. The minimum atomic E-state index is -3.61. The Hall–Kier alpha value is -2.78. The lowest BCUT2D eigenvalue weighted by molar-refractivity contribution is 0.0730. The first kappa shape index (κ1) is 21.5. The van der Waals surface area contributed by atoms with Crippen molar-refractivity contribution in [2.24, 2.45) is 0 Å². The van der Waals surface area contributed by atoms with Crippen LogP contribution in [0.2, 0.25) is 0 Å². The molecule has 2 N–H and O–H groups in total. The van der Waals surface area contributed by atoms with Gasteiger partial charge in [0.25, 0.3) is 5.91 Å². The van der Waals surface area contributed by atoms with Gasteiger partial charge in [-0.3, -0.25) is 4.79 Å². The van der Waals surface area contributed by atoms with Crippen LogP contribution in [-0.2, 0) is 14.8 Å². The molecule has 0 saturated carbocycles. The second-order valence-electron chi connectivity index (χ2n) is 7.34. The summed E-state index contributed by atoms with van der Waals surface area (Å²) in [5.74, 6) is -0.380. The molecule has 1 fully saturated rings. The normalized spacial score (nSPS) is 16.2. The molecular formula is C23H24N2O5S. The number of carbonyl (C=O) groups excluding carboxylic acids is 1. The lowest BCUT2D eigenvalue weighted by atomic mass is 10.0. The van der Waals surface area contributed by atoms with Gasteiger partial charge in [0.15, 0.2) is 0 Å². The second kappa shape index (κ2) is 9.15. The third-order valence-electron chi connectivity index (χ3n) is 5.36. The molecule has 1 unspecified atom stereocenters. The molecule has 0 radical (unpaired) electrons.